The summed E-state index contributed by atoms with van der Waals surface area (Å²) in [7, 11) is 0. The fourth-order valence-corrected chi connectivity index (χ4v) is 1.65. The van der Waals surface area contributed by atoms with Crippen LogP contribution in [0.3, 0.4) is 0 Å². The van der Waals surface area contributed by atoms with Gasteiger partial charge in [0.2, 0.25) is 0 Å². The number of hydrogen-bond acceptors (Lipinski definition) is 2. The van der Waals surface area contributed by atoms with E-state index in [1.54, 1.807) is 0 Å². The molecule has 0 aliphatic heterocycles. The molecule has 1 aromatic carbocycles. The predicted molar refractivity (Wildman–Crippen MR) is 58.4 cm³/mol. The maximum absolute atomic E-state index is 6.00. The monoisotopic (exact) mass is 209 g/mol. The number of halogens is 1. The summed E-state index contributed by atoms with van der Waals surface area (Å²) >= 11 is 6.00. The quantitative estimate of drug-likeness (QED) is 0.841. The van der Waals surface area contributed by atoms with E-state index in [1.165, 1.54) is 0 Å². The average Bonchev–Trinajstić information content (AvgIpc) is 2.59. The van der Waals surface area contributed by atoms with Gasteiger partial charge in [-0.1, -0.05) is 23.7 Å². The summed E-state index contributed by atoms with van der Waals surface area (Å²) in [5, 5.41) is 6.16. The molecule has 1 aromatic heterocycles. The number of benzene rings is 1. The van der Waals surface area contributed by atoms with E-state index >= 15 is 0 Å². The summed E-state index contributed by atoms with van der Waals surface area (Å²) < 4.78 is 1.89. The SMILES string of the molecule is NCCCn1cc2cccc(Cl)c2n1. The van der Waals surface area contributed by atoms with Crippen LogP contribution in [0, 0.1) is 0 Å². The van der Waals surface area contributed by atoms with Crippen molar-refractivity contribution in [3.63, 3.8) is 0 Å². The Hall–Kier alpha value is -1.06. The van der Waals surface area contributed by atoms with E-state index in [0.29, 0.717) is 11.6 Å². The van der Waals surface area contributed by atoms with E-state index in [1.807, 2.05) is 29.1 Å². The number of hydrogen-bond donors (Lipinski definition) is 1. The van der Waals surface area contributed by atoms with E-state index in [2.05, 4.69) is 5.10 Å². The molecule has 0 radical (unpaired) electrons. The van der Waals surface area contributed by atoms with E-state index in [9.17, 15) is 0 Å². The molecule has 0 saturated carbocycles. The molecule has 3 nitrogen and oxygen atoms in total. The van der Waals surface area contributed by atoms with Crippen LogP contribution in [-0.2, 0) is 6.54 Å². The summed E-state index contributed by atoms with van der Waals surface area (Å²) in [5.74, 6) is 0. The molecular formula is C10H12ClN3. The molecule has 0 fully saturated rings. The maximum atomic E-state index is 6.00. The van der Waals surface area contributed by atoms with Gasteiger partial charge in [-0.2, -0.15) is 5.10 Å². The minimum Gasteiger partial charge on any atom is -0.330 e. The molecule has 0 spiro atoms. The third-order valence-electron chi connectivity index (χ3n) is 2.13. The van der Waals surface area contributed by atoms with Crippen molar-refractivity contribution in [2.75, 3.05) is 6.54 Å². The lowest BCUT2D eigenvalue weighted by molar-refractivity contribution is 0.590. The highest BCUT2D eigenvalue weighted by Gasteiger charge is 2.03. The topological polar surface area (TPSA) is 43.8 Å². The van der Waals surface area contributed by atoms with Crippen LogP contribution in [0.15, 0.2) is 24.4 Å². The van der Waals surface area contributed by atoms with Crippen LogP contribution in [0.1, 0.15) is 6.42 Å². The molecule has 4 heteroatoms. The molecule has 74 valence electrons. The molecule has 2 aromatic rings. The van der Waals surface area contributed by atoms with Crippen molar-refractivity contribution >= 4 is 22.5 Å². The first-order valence-electron chi connectivity index (χ1n) is 4.63. The van der Waals surface area contributed by atoms with Gasteiger partial charge in [0, 0.05) is 18.1 Å². The molecule has 1 heterocycles. The first-order valence-corrected chi connectivity index (χ1v) is 5.01. The van der Waals surface area contributed by atoms with Crippen molar-refractivity contribution < 1.29 is 0 Å². The lowest BCUT2D eigenvalue weighted by atomic mass is 10.3. The van der Waals surface area contributed by atoms with E-state index in [-0.39, 0.29) is 0 Å². The van der Waals surface area contributed by atoms with Crippen molar-refractivity contribution in [1.29, 1.82) is 0 Å². The molecule has 0 amide bonds. The zero-order valence-electron chi connectivity index (χ0n) is 7.78. The van der Waals surface area contributed by atoms with Crippen LogP contribution >= 0.6 is 11.6 Å². The summed E-state index contributed by atoms with van der Waals surface area (Å²) in [6.45, 7) is 1.53. The van der Waals surface area contributed by atoms with Gasteiger partial charge in [-0.05, 0) is 19.0 Å². The number of aryl methyl sites for hydroxylation is 1. The molecule has 2 N–H and O–H groups in total. The van der Waals surface area contributed by atoms with Crippen molar-refractivity contribution in [1.82, 2.24) is 9.78 Å². The fraction of sp³-hybridized carbons (Fsp3) is 0.300. The van der Waals surface area contributed by atoms with Crippen molar-refractivity contribution in [2.45, 2.75) is 13.0 Å². The first-order chi connectivity index (χ1) is 6.81. The Morgan fingerprint density at radius 2 is 2.29 bits per heavy atom. The Balaban J connectivity index is 2.36. The molecule has 0 atom stereocenters. The summed E-state index contributed by atoms with van der Waals surface area (Å²) in [5.41, 5.74) is 6.30. The van der Waals surface area contributed by atoms with Crippen LogP contribution in [0.25, 0.3) is 10.9 Å². The Bertz CT molecular complexity index is 436. The first kappa shape index (κ1) is 9.49. The maximum Gasteiger partial charge on any atom is 0.111 e. The molecule has 0 aliphatic rings. The van der Waals surface area contributed by atoms with Gasteiger partial charge in [0.05, 0.1) is 5.02 Å². The lowest BCUT2D eigenvalue weighted by Gasteiger charge is -1.96. The Morgan fingerprint density at radius 1 is 1.43 bits per heavy atom. The number of fused-ring (bicyclic) bond motifs is 1. The van der Waals surface area contributed by atoms with Crippen molar-refractivity contribution in [3.8, 4) is 0 Å². The average molecular weight is 210 g/mol. The predicted octanol–water partition coefficient (Wildman–Crippen LogP) is 2.04. The zero-order chi connectivity index (χ0) is 9.97. The largest absolute Gasteiger partial charge is 0.330 e. The van der Waals surface area contributed by atoms with E-state index in [0.717, 1.165) is 23.9 Å². The molecule has 0 bridgehead atoms. The smallest absolute Gasteiger partial charge is 0.111 e. The normalized spacial score (nSPS) is 11.0. The zero-order valence-corrected chi connectivity index (χ0v) is 8.54. The number of nitrogens with two attached hydrogens (primary N) is 1. The van der Waals surface area contributed by atoms with Crippen LogP contribution in [-0.4, -0.2) is 16.3 Å². The van der Waals surface area contributed by atoms with E-state index < -0.39 is 0 Å². The van der Waals surface area contributed by atoms with Crippen LogP contribution in [0.5, 0.6) is 0 Å². The second-order valence-electron chi connectivity index (χ2n) is 3.21. The third-order valence-corrected chi connectivity index (χ3v) is 2.43. The van der Waals surface area contributed by atoms with Crippen molar-refractivity contribution in [2.24, 2.45) is 5.73 Å². The standard InChI is InChI=1S/C10H12ClN3/c11-9-4-1-3-8-7-14(6-2-5-12)13-10(8)9/h1,3-4,7H,2,5-6,12H2. The second kappa shape index (κ2) is 3.98. The number of aromatic nitrogens is 2. The van der Waals surface area contributed by atoms with Crippen molar-refractivity contribution in [3.05, 3.63) is 29.4 Å². The molecular weight excluding hydrogens is 198 g/mol. The Labute approximate surface area is 87.5 Å². The molecule has 0 saturated heterocycles. The Morgan fingerprint density at radius 3 is 3.00 bits per heavy atom. The fourth-order valence-electron chi connectivity index (χ4n) is 1.43. The number of nitrogens with zero attached hydrogens (tertiary/aromatic N) is 2. The highest BCUT2D eigenvalue weighted by atomic mass is 35.5. The highest BCUT2D eigenvalue weighted by molar-refractivity contribution is 6.35. The molecule has 14 heavy (non-hydrogen) atoms. The third kappa shape index (κ3) is 1.74. The van der Waals surface area contributed by atoms with Gasteiger partial charge in [0.25, 0.3) is 0 Å². The summed E-state index contributed by atoms with van der Waals surface area (Å²) in [6, 6.07) is 5.79. The van der Waals surface area contributed by atoms with Gasteiger partial charge in [0.1, 0.15) is 5.52 Å². The van der Waals surface area contributed by atoms with Gasteiger partial charge in [0.15, 0.2) is 0 Å². The van der Waals surface area contributed by atoms with Gasteiger partial charge in [-0.15, -0.1) is 0 Å². The second-order valence-corrected chi connectivity index (χ2v) is 3.62. The Kier molecular flexibility index (Phi) is 2.70. The molecule has 2 rings (SSSR count). The van der Waals surface area contributed by atoms with Crippen LogP contribution < -0.4 is 5.73 Å². The molecule has 0 unspecified atom stereocenters. The van der Waals surface area contributed by atoms with Gasteiger partial charge < -0.3 is 5.73 Å². The van der Waals surface area contributed by atoms with Gasteiger partial charge >= 0.3 is 0 Å². The van der Waals surface area contributed by atoms with Gasteiger partial charge in [-0.25, -0.2) is 0 Å². The summed E-state index contributed by atoms with van der Waals surface area (Å²) in [4.78, 5) is 0. The van der Waals surface area contributed by atoms with Crippen LogP contribution in [0.2, 0.25) is 5.02 Å². The van der Waals surface area contributed by atoms with Crippen LogP contribution in [0.4, 0.5) is 0 Å². The minimum atomic E-state index is 0.684. The lowest BCUT2D eigenvalue weighted by Crippen LogP contribution is -2.05. The van der Waals surface area contributed by atoms with E-state index in [4.69, 9.17) is 17.3 Å². The van der Waals surface area contributed by atoms with Gasteiger partial charge in [-0.3, -0.25) is 4.68 Å². The molecule has 0 aliphatic carbocycles. The minimum absolute atomic E-state index is 0.684. The number of rotatable bonds is 3. The highest BCUT2D eigenvalue weighted by Crippen LogP contribution is 2.21. The summed E-state index contributed by atoms with van der Waals surface area (Å²) in [6.07, 6.45) is 2.93.